The number of pyridine rings is 2. The maximum absolute atomic E-state index is 5.94. The third kappa shape index (κ3) is 2.90. The maximum atomic E-state index is 5.94. The molecule has 0 aliphatic rings. The molecule has 0 unspecified atom stereocenters. The van der Waals surface area contributed by atoms with Crippen LogP contribution in [0, 0.1) is 6.92 Å². The van der Waals surface area contributed by atoms with Gasteiger partial charge in [0.15, 0.2) is 0 Å². The summed E-state index contributed by atoms with van der Waals surface area (Å²) in [5.74, 6) is 0. The van der Waals surface area contributed by atoms with Crippen molar-refractivity contribution in [3.8, 4) is 11.3 Å². The Bertz CT molecular complexity index is 991. The van der Waals surface area contributed by atoms with Crippen molar-refractivity contribution < 1.29 is 0 Å². The number of aryl methyl sites for hydroxylation is 1. The van der Waals surface area contributed by atoms with Crippen molar-refractivity contribution >= 4 is 34.4 Å². The van der Waals surface area contributed by atoms with Gasteiger partial charge in [0, 0.05) is 22.7 Å². The summed E-state index contributed by atoms with van der Waals surface area (Å²) in [6, 6.07) is 16.3. The molecule has 0 saturated carbocycles. The summed E-state index contributed by atoms with van der Waals surface area (Å²) in [5, 5.41) is 2.63. The third-order valence-corrected chi connectivity index (χ3v) is 5.07. The highest BCUT2D eigenvalue weighted by atomic mass is 35.5. The first-order valence-electron chi connectivity index (χ1n) is 7.54. The zero-order valence-electron chi connectivity index (χ0n) is 13.0. The number of benzene rings is 1. The molecule has 4 aromatic rings. The van der Waals surface area contributed by atoms with E-state index in [1.807, 2.05) is 18.2 Å². The molecule has 3 heterocycles. The summed E-state index contributed by atoms with van der Waals surface area (Å²) in [7, 11) is 0. The predicted octanol–water partition coefficient (Wildman–Crippen LogP) is 5.74. The molecule has 0 spiro atoms. The van der Waals surface area contributed by atoms with Crippen LogP contribution in [-0.4, -0.2) is 15.0 Å². The van der Waals surface area contributed by atoms with Crippen molar-refractivity contribution in [2.75, 3.05) is 0 Å². The van der Waals surface area contributed by atoms with Crippen molar-refractivity contribution in [1.29, 1.82) is 0 Å². The van der Waals surface area contributed by atoms with Crippen molar-refractivity contribution in [2.24, 2.45) is 0 Å². The normalized spacial score (nSPS) is 11.1. The van der Waals surface area contributed by atoms with E-state index in [0.717, 1.165) is 32.2 Å². The van der Waals surface area contributed by atoms with Crippen LogP contribution < -0.4 is 0 Å². The SMILES string of the molecule is Cc1ccc(-c2[nH]c3ncccc3c2Sc2ccc(Cl)cn2)cc1. The molecular weight excluding hydrogens is 338 g/mol. The number of hydrogen-bond acceptors (Lipinski definition) is 3. The van der Waals surface area contributed by atoms with Crippen LogP contribution in [0.5, 0.6) is 0 Å². The van der Waals surface area contributed by atoms with Gasteiger partial charge in [-0.2, -0.15) is 0 Å². The van der Waals surface area contributed by atoms with Crippen LogP contribution in [0.15, 0.2) is 70.8 Å². The number of hydrogen-bond donors (Lipinski definition) is 1. The summed E-state index contributed by atoms with van der Waals surface area (Å²) < 4.78 is 0. The van der Waals surface area contributed by atoms with Gasteiger partial charge in [0.25, 0.3) is 0 Å². The minimum absolute atomic E-state index is 0.638. The fourth-order valence-electron chi connectivity index (χ4n) is 2.55. The Balaban J connectivity index is 1.86. The average molecular weight is 352 g/mol. The van der Waals surface area contributed by atoms with Gasteiger partial charge in [0.2, 0.25) is 0 Å². The highest BCUT2D eigenvalue weighted by Gasteiger charge is 2.15. The number of nitrogens with zero attached hydrogens (tertiary/aromatic N) is 2. The van der Waals surface area contributed by atoms with E-state index in [4.69, 9.17) is 11.6 Å². The van der Waals surface area contributed by atoms with Crippen molar-refractivity contribution in [2.45, 2.75) is 16.8 Å². The molecule has 0 aliphatic carbocycles. The molecule has 0 aliphatic heterocycles. The standard InChI is InChI=1S/C19H14ClN3S/c1-12-4-6-13(7-5-12)17-18(15-3-2-10-21-19(15)23-17)24-16-9-8-14(20)11-22-16/h2-11H,1H3,(H,21,23). The van der Waals surface area contributed by atoms with Gasteiger partial charge >= 0.3 is 0 Å². The lowest BCUT2D eigenvalue weighted by Gasteiger charge is -2.05. The molecule has 3 nitrogen and oxygen atoms in total. The van der Waals surface area contributed by atoms with E-state index in [-0.39, 0.29) is 0 Å². The molecule has 24 heavy (non-hydrogen) atoms. The molecule has 0 atom stereocenters. The largest absolute Gasteiger partial charge is 0.338 e. The second-order valence-corrected chi connectivity index (χ2v) is 6.98. The van der Waals surface area contributed by atoms with Crippen LogP contribution in [0.4, 0.5) is 0 Å². The number of nitrogens with one attached hydrogen (secondary N) is 1. The van der Waals surface area contributed by atoms with E-state index in [1.54, 1.807) is 24.2 Å². The van der Waals surface area contributed by atoms with E-state index >= 15 is 0 Å². The number of H-pyrrole nitrogens is 1. The fraction of sp³-hybridized carbons (Fsp3) is 0.0526. The van der Waals surface area contributed by atoms with Gasteiger partial charge in [-0.1, -0.05) is 53.2 Å². The number of halogens is 1. The summed E-state index contributed by atoms with van der Waals surface area (Å²) in [6.07, 6.45) is 3.47. The van der Waals surface area contributed by atoms with Crippen LogP contribution in [-0.2, 0) is 0 Å². The van der Waals surface area contributed by atoms with Gasteiger partial charge in [-0.3, -0.25) is 0 Å². The highest BCUT2D eigenvalue weighted by Crippen LogP contribution is 2.40. The minimum Gasteiger partial charge on any atom is -0.338 e. The van der Waals surface area contributed by atoms with E-state index < -0.39 is 0 Å². The lowest BCUT2D eigenvalue weighted by Crippen LogP contribution is -1.83. The predicted molar refractivity (Wildman–Crippen MR) is 99.6 cm³/mol. The minimum atomic E-state index is 0.638. The zero-order valence-corrected chi connectivity index (χ0v) is 14.5. The fourth-order valence-corrected chi connectivity index (χ4v) is 3.66. The van der Waals surface area contributed by atoms with Crippen LogP contribution in [0.2, 0.25) is 5.02 Å². The molecule has 0 bridgehead atoms. The smallest absolute Gasteiger partial charge is 0.138 e. The Kier molecular flexibility index (Phi) is 4.00. The molecule has 4 rings (SSSR count). The second kappa shape index (κ2) is 6.30. The number of aromatic nitrogens is 3. The summed E-state index contributed by atoms with van der Waals surface area (Å²) in [6.45, 7) is 2.09. The summed E-state index contributed by atoms with van der Waals surface area (Å²) >= 11 is 7.56. The molecule has 0 saturated heterocycles. The van der Waals surface area contributed by atoms with Gasteiger partial charge in [-0.25, -0.2) is 9.97 Å². The average Bonchev–Trinajstić information content (AvgIpc) is 2.96. The summed E-state index contributed by atoms with van der Waals surface area (Å²) in [5.41, 5.74) is 4.31. The first-order valence-corrected chi connectivity index (χ1v) is 8.73. The maximum Gasteiger partial charge on any atom is 0.138 e. The summed E-state index contributed by atoms with van der Waals surface area (Å²) in [4.78, 5) is 13.4. The highest BCUT2D eigenvalue weighted by molar-refractivity contribution is 7.99. The first-order chi connectivity index (χ1) is 11.7. The number of fused-ring (bicyclic) bond motifs is 1. The van der Waals surface area contributed by atoms with Crippen molar-refractivity contribution in [3.05, 3.63) is 71.5 Å². The molecule has 0 fully saturated rings. The topological polar surface area (TPSA) is 41.6 Å². The molecule has 1 aromatic carbocycles. The third-order valence-electron chi connectivity index (χ3n) is 3.77. The number of rotatable bonds is 3. The monoisotopic (exact) mass is 351 g/mol. The molecule has 0 radical (unpaired) electrons. The first kappa shape index (κ1) is 15.2. The van der Waals surface area contributed by atoms with Crippen molar-refractivity contribution in [3.63, 3.8) is 0 Å². The van der Waals surface area contributed by atoms with Crippen molar-refractivity contribution in [1.82, 2.24) is 15.0 Å². The molecule has 118 valence electrons. The lowest BCUT2D eigenvalue weighted by atomic mass is 10.1. The Labute approximate surface area is 149 Å². The number of aromatic amines is 1. The molecule has 1 N–H and O–H groups in total. The Morgan fingerprint density at radius 3 is 2.58 bits per heavy atom. The molecule has 3 aromatic heterocycles. The van der Waals surface area contributed by atoms with Gasteiger partial charge in [0.05, 0.1) is 10.7 Å². The van der Waals surface area contributed by atoms with Gasteiger partial charge in [-0.15, -0.1) is 0 Å². The van der Waals surface area contributed by atoms with E-state index in [2.05, 4.69) is 52.2 Å². The molecular formula is C19H14ClN3S. The van der Waals surface area contributed by atoms with Gasteiger partial charge < -0.3 is 4.98 Å². The molecule has 5 heteroatoms. The zero-order chi connectivity index (χ0) is 16.5. The van der Waals surface area contributed by atoms with E-state index in [1.165, 1.54) is 5.56 Å². The van der Waals surface area contributed by atoms with Gasteiger partial charge in [-0.05, 0) is 36.8 Å². The van der Waals surface area contributed by atoms with E-state index in [9.17, 15) is 0 Å². The van der Waals surface area contributed by atoms with Gasteiger partial charge in [0.1, 0.15) is 10.7 Å². The van der Waals surface area contributed by atoms with Crippen LogP contribution in [0.1, 0.15) is 5.56 Å². The second-order valence-electron chi connectivity index (χ2n) is 5.51. The van der Waals surface area contributed by atoms with E-state index in [0.29, 0.717) is 5.02 Å². The van der Waals surface area contributed by atoms with Crippen LogP contribution in [0.3, 0.4) is 0 Å². The van der Waals surface area contributed by atoms with Crippen LogP contribution >= 0.6 is 23.4 Å². The van der Waals surface area contributed by atoms with Crippen LogP contribution in [0.25, 0.3) is 22.3 Å². The Morgan fingerprint density at radius 2 is 1.83 bits per heavy atom. The Morgan fingerprint density at radius 1 is 1.00 bits per heavy atom. The Hall–Kier alpha value is -2.30. The lowest BCUT2D eigenvalue weighted by molar-refractivity contribution is 1.13. The molecule has 0 amide bonds. The quantitative estimate of drug-likeness (QED) is 0.512.